The van der Waals surface area contributed by atoms with E-state index in [9.17, 15) is 0 Å². The van der Waals surface area contributed by atoms with Gasteiger partial charge in [-0.3, -0.25) is 4.98 Å². The highest BCUT2D eigenvalue weighted by molar-refractivity contribution is 6.73. The third-order valence-corrected chi connectivity index (χ3v) is 11.6. The van der Waals surface area contributed by atoms with Gasteiger partial charge in [0.15, 0.2) is 8.32 Å². The zero-order valence-electron chi connectivity index (χ0n) is 17.2. The zero-order chi connectivity index (χ0) is 19.5. The lowest BCUT2D eigenvalue weighted by atomic mass is 9.88. The van der Waals surface area contributed by atoms with E-state index in [0.717, 1.165) is 42.0 Å². The van der Waals surface area contributed by atoms with Crippen molar-refractivity contribution >= 4 is 31.5 Å². The number of pyridine rings is 1. The molecule has 0 aromatic carbocycles. The minimum atomic E-state index is -1.75. The van der Waals surface area contributed by atoms with Crippen molar-refractivity contribution in [2.75, 3.05) is 0 Å². The molecule has 0 bridgehead atoms. The van der Waals surface area contributed by atoms with E-state index >= 15 is 0 Å². The molecule has 26 heavy (non-hydrogen) atoms. The SMILES string of the molecule is CC[Si](CC)(CC)OC(CC[C@@H]1C[C@H]1C(C)(C)C)c1c(Cl)cncc1Cl. The first-order chi connectivity index (χ1) is 12.2. The Balaban J connectivity index is 2.20. The van der Waals surface area contributed by atoms with Crippen LogP contribution in [0.2, 0.25) is 28.2 Å². The lowest BCUT2D eigenvalue weighted by Crippen LogP contribution is -2.37. The second-order valence-corrected chi connectivity index (χ2v) is 14.5. The van der Waals surface area contributed by atoms with Gasteiger partial charge in [0.05, 0.1) is 16.1 Å². The van der Waals surface area contributed by atoms with E-state index in [1.165, 1.54) is 12.8 Å². The van der Waals surface area contributed by atoms with Gasteiger partial charge in [-0.25, -0.2) is 0 Å². The number of aromatic nitrogens is 1. The molecule has 1 saturated carbocycles. The molecule has 1 aromatic rings. The van der Waals surface area contributed by atoms with Crippen LogP contribution >= 0.6 is 23.2 Å². The Bertz CT molecular complexity index is 570. The van der Waals surface area contributed by atoms with Gasteiger partial charge in [0.2, 0.25) is 0 Å². The van der Waals surface area contributed by atoms with Crippen LogP contribution in [0.3, 0.4) is 0 Å². The van der Waals surface area contributed by atoms with Crippen LogP contribution in [0.4, 0.5) is 0 Å². The van der Waals surface area contributed by atoms with E-state index in [1.807, 2.05) is 0 Å². The van der Waals surface area contributed by atoms with Gasteiger partial charge in [-0.15, -0.1) is 0 Å². The highest BCUT2D eigenvalue weighted by Gasteiger charge is 2.45. The van der Waals surface area contributed by atoms with E-state index in [4.69, 9.17) is 27.6 Å². The third-order valence-electron chi connectivity index (χ3n) is 6.37. The summed E-state index contributed by atoms with van der Waals surface area (Å²) in [7, 11) is -1.75. The minimum absolute atomic E-state index is 0.00858. The fraction of sp³-hybridized carbons (Fsp3) is 0.762. The van der Waals surface area contributed by atoms with Gasteiger partial charge >= 0.3 is 0 Å². The molecule has 1 aromatic heterocycles. The quantitative estimate of drug-likeness (QED) is 0.382. The third kappa shape index (κ3) is 5.24. The molecular weight excluding hydrogens is 381 g/mol. The molecule has 0 radical (unpaired) electrons. The average Bonchev–Trinajstić information content (AvgIpc) is 3.37. The molecule has 1 fully saturated rings. The Morgan fingerprint density at radius 3 is 2.08 bits per heavy atom. The summed E-state index contributed by atoms with van der Waals surface area (Å²) in [6, 6.07) is 3.39. The lowest BCUT2D eigenvalue weighted by molar-refractivity contribution is 0.171. The van der Waals surface area contributed by atoms with Gasteiger partial charge in [-0.1, -0.05) is 64.7 Å². The Hall–Kier alpha value is -0.0931. The molecule has 148 valence electrons. The molecule has 0 N–H and O–H groups in total. The van der Waals surface area contributed by atoms with Crippen LogP contribution in [0.15, 0.2) is 12.4 Å². The van der Waals surface area contributed by atoms with Gasteiger partial charge < -0.3 is 4.43 Å². The first-order valence-corrected chi connectivity index (χ1v) is 13.4. The predicted octanol–water partition coefficient (Wildman–Crippen LogP) is 7.91. The molecule has 5 heteroatoms. The summed E-state index contributed by atoms with van der Waals surface area (Å²) in [5.74, 6) is 1.64. The maximum Gasteiger partial charge on any atom is 0.192 e. The molecule has 1 unspecified atom stereocenters. The number of halogens is 2. The molecule has 3 atom stereocenters. The van der Waals surface area contributed by atoms with E-state index in [1.54, 1.807) is 12.4 Å². The Labute approximate surface area is 171 Å². The van der Waals surface area contributed by atoms with Gasteiger partial charge in [0, 0.05) is 18.0 Å². The Morgan fingerprint density at radius 1 is 1.12 bits per heavy atom. The lowest BCUT2D eigenvalue weighted by Gasteiger charge is -2.34. The highest BCUT2D eigenvalue weighted by Crippen LogP contribution is 2.54. The summed E-state index contributed by atoms with van der Waals surface area (Å²) in [5, 5.41) is 1.27. The first kappa shape index (κ1) is 22.2. The smallest absolute Gasteiger partial charge is 0.192 e. The minimum Gasteiger partial charge on any atom is -0.410 e. The molecule has 1 aliphatic rings. The summed E-state index contributed by atoms with van der Waals surface area (Å²) in [6.07, 6.45) is 6.90. The van der Waals surface area contributed by atoms with E-state index in [2.05, 4.69) is 46.5 Å². The molecule has 1 heterocycles. The number of nitrogens with zero attached hydrogens (tertiary/aromatic N) is 1. The van der Waals surface area contributed by atoms with Crippen molar-refractivity contribution in [3.05, 3.63) is 28.0 Å². The van der Waals surface area contributed by atoms with Crippen LogP contribution in [0.25, 0.3) is 0 Å². The van der Waals surface area contributed by atoms with Crippen molar-refractivity contribution in [3.8, 4) is 0 Å². The number of rotatable bonds is 9. The van der Waals surface area contributed by atoms with E-state index in [0.29, 0.717) is 15.5 Å². The van der Waals surface area contributed by atoms with E-state index < -0.39 is 8.32 Å². The standard InChI is InChI=1S/C21H35Cl2NOSi/c1-7-26(8-2,9-3)25-19(20-17(22)13-24-14-18(20)23)11-10-15-12-16(15)21(4,5)6/h13-16,19H,7-12H2,1-6H3/t15-,16-,19?/m1/s1. The second-order valence-electron chi connectivity index (χ2n) is 8.91. The molecule has 0 aliphatic heterocycles. The fourth-order valence-electron chi connectivity index (χ4n) is 4.29. The van der Waals surface area contributed by atoms with Gasteiger partial charge in [-0.2, -0.15) is 0 Å². The van der Waals surface area contributed by atoms with Gasteiger partial charge in [0.25, 0.3) is 0 Å². The van der Waals surface area contributed by atoms with Crippen molar-refractivity contribution in [2.24, 2.45) is 17.3 Å². The summed E-state index contributed by atoms with van der Waals surface area (Å²) in [4.78, 5) is 4.13. The second kappa shape index (κ2) is 8.94. The van der Waals surface area contributed by atoms with Crippen molar-refractivity contribution in [3.63, 3.8) is 0 Å². The van der Waals surface area contributed by atoms with Crippen LogP contribution in [-0.4, -0.2) is 13.3 Å². The normalized spacial score (nSPS) is 21.7. The predicted molar refractivity (Wildman–Crippen MR) is 116 cm³/mol. The van der Waals surface area contributed by atoms with Gasteiger partial charge in [0.1, 0.15) is 0 Å². The van der Waals surface area contributed by atoms with Crippen LogP contribution < -0.4 is 0 Å². The van der Waals surface area contributed by atoms with Gasteiger partial charge in [-0.05, 0) is 54.6 Å². The van der Waals surface area contributed by atoms with Crippen LogP contribution in [0, 0.1) is 17.3 Å². The van der Waals surface area contributed by atoms with Crippen molar-refractivity contribution in [2.45, 2.75) is 85.0 Å². The maximum atomic E-state index is 6.87. The average molecular weight is 417 g/mol. The van der Waals surface area contributed by atoms with Crippen molar-refractivity contribution in [1.82, 2.24) is 4.98 Å². The van der Waals surface area contributed by atoms with Crippen molar-refractivity contribution < 1.29 is 4.43 Å². The monoisotopic (exact) mass is 415 g/mol. The molecule has 2 rings (SSSR count). The summed E-state index contributed by atoms with van der Waals surface area (Å²) in [5.41, 5.74) is 1.35. The van der Waals surface area contributed by atoms with Crippen LogP contribution in [-0.2, 0) is 4.43 Å². The van der Waals surface area contributed by atoms with Crippen LogP contribution in [0.5, 0.6) is 0 Å². The highest BCUT2D eigenvalue weighted by atomic mass is 35.5. The number of hydrogen-bond acceptors (Lipinski definition) is 2. The van der Waals surface area contributed by atoms with Crippen molar-refractivity contribution in [1.29, 1.82) is 0 Å². The maximum absolute atomic E-state index is 6.87. The number of hydrogen-bond donors (Lipinski definition) is 0. The largest absolute Gasteiger partial charge is 0.410 e. The molecule has 0 saturated heterocycles. The summed E-state index contributed by atoms with van der Waals surface area (Å²) >= 11 is 13.0. The molecule has 0 amide bonds. The molecule has 0 spiro atoms. The zero-order valence-corrected chi connectivity index (χ0v) is 19.8. The Morgan fingerprint density at radius 2 is 1.65 bits per heavy atom. The molecular formula is C21H35Cl2NOSi. The van der Waals surface area contributed by atoms with Crippen LogP contribution in [0.1, 0.15) is 72.5 Å². The Kier molecular flexibility index (Phi) is 7.63. The molecule has 1 aliphatic carbocycles. The summed E-state index contributed by atoms with van der Waals surface area (Å²) in [6.45, 7) is 13.9. The van der Waals surface area contributed by atoms with E-state index in [-0.39, 0.29) is 6.10 Å². The fourth-order valence-corrected chi connectivity index (χ4v) is 7.73. The molecule has 2 nitrogen and oxygen atoms in total. The summed E-state index contributed by atoms with van der Waals surface area (Å²) < 4.78 is 6.87. The first-order valence-electron chi connectivity index (χ1n) is 10.1. The topological polar surface area (TPSA) is 22.1 Å².